The summed E-state index contributed by atoms with van der Waals surface area (Å²) in [6.07, 6.45) is 1.40. The molecule has 0 saturated carbocycles. The number of carbonyl (C=O) groups is 3. The van der Waals surface area contributed by atoms with Crippen LogP contribution in [0.3, 0.4) is 0 Å². The van der Waals surface area contributed by atoms with E-state index in [1.807, 2.05) is 0 Å². The van der Waals surface area contributed by atoms with E-state index in [2.05, 4.69) is 9.99 Å². The van der Waals surface area contributed by atoms with Crippen LogP contribution in [0.5, 0.6) is 11.5 Å². The van der Waals surface area contributed by atoms with Crippen molar-refractivity contribution >= 4 is 35.0 Å². The third-order valence-corrected chi connectivity index (χ3v) is 4.76. The molecule has 0 aliphatic heterocycles. The van der Waals surface area contributed by atoms with Gasteiger partial charge < -0.3 is 25.2 Å². The number of oxime groups is 1. The Morgan fingerprint density at radius 1 is 1.31 bits per heavy atom. The molecule has 0 spiro atoms. The first-order valence-electron chi connectivity index (χ1n) is 8.55. The Bertz CT molecular complexity index is 920. The number of amidine groups is 1. The molecule has 29 heavy (non-hydrogen) atoms. The van der Waals surface area contributed by atoms with Gasteiger partial charge in [-0.15, -0.1) is 0 Å². The van der Waals surface area contributed by atoms with Crippen LogP contribution in [-0.4, -0.2) is 42.7 Å². The fraction of sp³-hybridized carbons (Fsp3) is 0.368. The summed E-state index contributed by atoms with van der Waals surface area (Å²) in [4.78, 5) is 41.8. The van der Waals surface area contributed by atoms with Crippen molar-refractivity contribution in [1.82, 2.24) is 0 Å². The molecule has 0 bridgehead atoms. The van der Waals surface area contributed by atoms with E-state index in [1.54, 1.807) is 6.92 Å². The van der Waals surface area contributed by atoms with Crippen LogP contribution in [0.1, 0.15) is 41.0 Å². The van der Waals surface area contributed by atoms with Gasteiger partial charge in [0.25, 0.3) is 0 Å². The lowest BCUT2D eigenvalue weighted by molar-refractivity contribution is -0.116. The molecule has 1 aliphatic rings. The highest BCUT2D eigenvalue weighted by atomic mass is 35.5. The molecule has 3 N–H and O–H groups in total. The molecule has 1 unspecified atom stereocenters. The predicted molar refractivity (Wildman–Crippen MR) is 104 cm³/mol. The van der Waals surface area contributed by atoms with Crippen LogP contribution in [0.25, 0.3) is 0 Å². The highest BCUT2D eigenvalue weighted by Crippen LogP contribution is 2.42. The van der Waals surface area contributed by atoms with Crippen molar-refractivity contribution in [3.05, 3.63) is 34.1 Å². The van der Waals surface area contributed by atoms with Crippen LogP contribution >= 0.6 is 11.6 Å². The van der Waals surface area contributed by atoms with Gasteiger partial charge in [-0.2, -0.15) is 0 Å². The average molecular weight is 425 g/mol. The third kappa shape index (κ3) is 4.51. The van der Waals surface area contributed by atoms with Crippen LogP contribution < -0.4 is 10.5 Å². The predicted octanol–water partition coefficient (Wildman–Crippen LogP) is 2.44. The van der Waals surface area contributed by atoms with E-state index >= 15 is 0 Å². The van der Waals surface area contributed by atoms with Crippen molar-refractivity contribution in [1.29, 1.82) is 0 Å². The lowest BCUT2D eigenvalue weighted by Gasteiger charge is -2.28. The van der Waals surface area contributed by atoms with Crippen molar-refractivity contribution < 1.29 is 33.8 Å². The molecule has 1 aliphatic carbocycles. The Morgan fingerprint density at radius 2 is 1.97 bits per heavy atom. The highest BCUT2D eigenvalue weighted by Gasteiger charge is 2.39. The summed E-state index contributed by atoms with van der Waals surface area (Å²) in [6.45, 7) is 3.13. The van der Waals surface area contributed by atoms with Gasteiger partial charge in [-0.3, -0.25) is 9.59 Å². The van der Waals surface area contributed by atoms with Gasteiger partial charge in [0.2, 0.25) is 0 Å². The molecule has 0 fully saturated rings. The van der Waals surface area contributed by atoms with Crippen molar-refractivity contribution in [2.45, 2.75) is 20.3 Å². The fourth-order valence-corrected chi connectivity index (χ4v) is 3.31. The Kier molecular flexibility index (Phi) is 6.86. The summed E-state index contributed by atoms with van der Waals surface area (Å²) >= 11 is 6.11. The number of allylic oxidation sites excluding steroid dienone is 2. The van der Waals surface area contributed by atoms with Crippen molar-refractivity contribution in [2.75, 3.05) is 14.2 Å². The number of nitrogens with zero attached hydrogens (tertiary/aromatic N) is 1. The van der Waals surface area contributed by atoms with E-state index < -0.39 is 28.4 Å². The Hall–Kier alpha value is -3.07. The summed E-state index contributed by atoms with van der Waals surface area (Å²) in [5.74, 6) is -3.54. The van der Waals surface area contributed by atoms with Gasteiger partial charge in [0.1, 0.15) is 28.7 Å². The zero-order valence-corrected chi connectivity index (χ0v) is 17.1. The molecular weight excluding hydrogens is 404 g/mol. The summed E-state index contributed by atoms with van der Waals surface area (Å²) in [5, 5.41) is 13.5. The maximum Gasteiger partial charge on any atom is 0.367 e. The number of ketones is 2. The number of aromatic hydroxyl groups is 1. The van der Waals surface area contributed by atoms with Gasteiger partial charge in [-0.1, -0.05) is 23.7 Å². The number of hydrogen-bond acceptors (Lipinski definition) is 8. The summed E-state index contributed by atoms with van der Waals surface area (Å²) in [5.41, 5.74) is 4.82. The van der Waals surface area contributed by atoms with Crippen LogP contribution in [0, 0.1) is 11.8 Å². The van der Waals surface area contributed by atoms with Crippen LogP contribution in [0.15, 0.2) is 23.1 Å². The second-order valence-electron chi connectivity index (χ2n) is 6.52. The molecule has 0 saturated heterocycles. The fourth-order valence-electron chi connectivity index (χ4n) is 3.08. The largest absolute Gasteiger partial charge is 0.505 e. The monoisotopic (exact) mass is 424 g/mol. The van der Waals surface area contributed by atoms with E-state index in [4.69, 9.17) is 26.8 Å². The van der Waals surface area contributed by atoms with Gasteiger partial charge in [0.15, 0.2) is 11.6 Å². The van der Waals surface area contributed by atoms with Crippen LogP contribution in [-0.2, 0) is 14.4 Å². The second-order valence-corrected chi connectivity index (χ2v) is 6.89. The number of benzene rings is 1. The van der Waals surface area contributed by atoms with E-state index in [9.17, 15) is 19.5 Å². The minimum Gasteiger partial charge on any atom is -0.505 e. The van der Waals surface area contributed by atoms with Gasteiger partial charge >= 0.3 is 5.97 Å². The van der Waals surface area contributed by atoms with Crippen LogP contribution in [0.4, 0.5) is 0 Å². The first-order valence-corrected chi connectivity index (χ1v) is 8.93. The zero-order chi connectivity index (χ0) is 21.9. The molecular formula is C19H21ClN2O7. The quantitative estimate of drug-likeness (QED) is 0.233. The highest BCUT2D eigenvalue weighted by molar-refractivity contribution is 6.36. The first kappa shape index (κ1) is 22.2. The number of rotatable bonds is 6. The van der Waals surface area contributed by atoms with Crippen molar-refractivity contribution in [3.8, 4) is 11.5 Å². The number of methoxy groups -OCH3 is 2. The number of phenolic OH excluding ortho intramolecular Hbond substituents is 1. The molecule has 0 aromatic heterocycles. The number of ether oxygens (including phenoxy) is 2. The van der Waals surface area contributed by atoms with Crippen LogP contribution in [0.2, 0.25) is 5.02 Å². The maximum atomic E-state index is 13.2. The molecule has 10 heteroatoms. The number of halogens is 1. The van der Waals surface area contributed by atoms with E-state index in [1.165, 1.54) is 27.2 Å². The Balaban J connectivity index is 2.56. The molecule has 9 nitrogen and oxygen atoms in total. The smallest absolute Gasteiger partial charge is 0.367 e. The topological polar surface area (TPSA) is 138 Å². The summed E-state index contributed by atoms with van der Waals surface area (Å²) in [7, 11) is 2.61. The average Bonchev–Trinajstić information content (AvgIpc) is 2.66. The minimum absolute atomic E-state index is 0.00262. The van der Waals surface area contributed by atoms with E-state index in [0.717, 1.165) is 6.07 Å². The normalized spacial score (nSPS) is 19.4. The number of phenols is 1. The molecule has 2 rings (SSSR count). The standard InChI is InChI=1S/C19H21ClN2O7/c1-8-5-10(23)6-12(27-3)14(8)17(24)15-13(28-4)7-11(16(20)18(15)25)19(26)29-22-9(2)21/h6-8,14,25H,5H2,1-4H3,(H2,21,22)/t8-,14?/m1/s1. The number of nitrogens with two attached hydrogens (primary N) is 1. The molecule has 0 amide bonds. The second kappa shape index (κ2) is 8.95. The van der Waals surface area contributed by atoms with Gasteiger partial charge in [0.05, 0.1) is 30.7 Å². The molecule has 0 heterocycles. The first-order chi connectivity index (χ1) is 13.6. The molecule has 1 aromatic rings. The molecule has 0 radical (unpaired) electrons. The third-order valence-electron chi connectivity index (χ3n) is 4.38. The molecule has 2 atom stereocenters. The lowest BCUT2D eigenvalue weighted by Crippen LogP contribution is -2.31. The SMILES string of the molecule is COC1=CC(=O)C[C@@H](C)C1C(=O)c1c(OC)cc(C(=O)O/N=C(/C)N)c(Cl)c1O. The van der Waals surface area contributed by atoms with Crippen molar-refractivity contribution in [2.24, 2.45) is 22.7 Å². The van der Waals surface area contributed by atoms with Gasteiger partial charge in [0, 0.05) is 12.5 Å². The van der Waals surface area contributed by atoms with E-state index in [-0.39, 0.29) is 46.6 Å². The molecule has 1 aromatic carbocycles. The lowest BCUT2D eigenvalue weighted by atomic mass is 9.78. The summed E-state index contributed by atoms with van der Waals surface area (Å²) < 4.78 is 10.4. The number of Topliss-reactive ketones (excluding diaryl/α,β-unsaturated/α-hetero) is 1. The number of carbonyl (C=O) groups excluding carboxylic acids is 3. The summed E-state index contributed by atoms with van der Waals surface area (Å²) in [6, 6.07) is 1.16. The number of hydrogen-bond donors (Lipinski definition) is 2. The van der Waals surface area contributed by atoms with Gasteiger partial charge in [-0.25, -0.2) is 4.79 Å². The van der Waals surface area contributed by atoms with Gasteiger partial charge in [-0.05, 0) is 18.9 Å². The minimum atomic E-state index is -0.999. The van der Waals surface area contributed by atoms with E-state index in [0.29, 0.717) is 0 Å². The Labute approximate surface area is 172 Å². The van der Waals surface area contributed by atoms with Crippen molar-refractivity contribution in [3.63, 3.8) is 0 Å². The Morgan fingerprint density at radius 3 is 2.52 bits per heavy atom. The maximum absolute atomic E-state index is 13.2. The zero-order valence-electron chi connectivity index (χ0n) is 16.3. The molecule has 156 valence electrons.